The summed E-state index contributed by atoms with van der Waals surface area (Å²) in [5.41, 5.74) is 2.39. The van der Waals surface area contributed by atoms with Gasteiger partial charge >= 0.3 is 0 Å². The third kappa shape index (κ3) is 1.93. The fraction of sp³-hybridized carbons (Fsp3) is 0.231. The first kappa shape index (κ1) is 11.7. The summed E-state index contributed by atoms with van der Waals surface area (Å²) in [6.45, 7) is 2.12. The number of nitrogens with one attached hydrogen (secondary N) is 2. The predicted molar refractivity (Wildman–Crippen MR) is 78.7 cm³/mol. The van der Waals surface area contributed by atoms with Gasteiger partial charge in [-0.25, -0.2) is 0 Å². The Hall–Kier alpha value is -1.33. The number of fused-ring (bicyclic) bond motifs is 1. The fourth-order valence-electron chi connectivity index (χ4n) is 2.36. The smallest absolute Gasteiger partial charge is 0.263 e. The van der Waals surface area contributed by atoms with Crippen molar-refractivity contribution in [3.63, 3.8) is 0 Å². The molecule has 1 fully saturated rings. The molecule has 0 aliphatic carbocycles. The predicted octanol–water partition coefficient (Wildman–Crippen LogP) is 2.62. The normalized spacial score (nSPS) is 28.2. The van der Waals surface area contributed by atoms with Crippen LogP contribution in [0.15, 0.2) is 35.2 Å². The van der Waals surface area contributed by atoms with Gasteiger partial charge in [0.15, 0.2) is 0 Å². The quantitative estimate of drug-likeness (QED) is 0.611. The van der Waals surface area contributed by atoms with Gasteiger partial charge in [-0.05, 0) is 18.6 Å². The molecule has 2 aliphatic rings. The first-order valence-corrected chi connectivity index (χ1v) is 6.98. The SMILES string of the molecule is C[C@@H]1Nc2ccccc2[C@@H]1/C=C1\SC(=S)NC1=O. The van der Waals surface area contributed by atoms with Crippen LogP contribution in [0.2, 0.25) is 0 Å². The second-order valence-corrected chi connectivity index (χ2v) is 6.14. The molecule has 18 heavy (non-hydrogen) atoms. The van der Waals surface area contributed by atoms with Crippen molar-refractivity contribution in [1.82, 2.24) is 5.32 Å². The number of hydrogen-bond acceptors (Lipinski definition) is 4. The highest BCUT2D eigenvalue weighted by Gasteiger charge is 2.30. The molecule has 2 aliphatic heterocycles. The van der Waals surface area contributed by atoms with E-state index in [4.69, 9.17) is 12.2 Å². The van der Waals surface area contributed by atoms with Gasteiger partial charge < -0.3 is 10.6 Å². The van der Waals surface area contributed by atoms with E-state index in [0.29, 0.717) is 9.23 Å². The van der Waals surface area contributed by atoms with Gasteiger partial charge in [0, 0.05) is 17.6 Å². The maximum Gasteiger partial charge on any atom is 0.263 e. The highest BCUT2D eigenvalue weighted by Crippen LogP contribution is 2.39. The standard InChI is InChI=1S/C13H12N2OS2/c1-7-9(6-11-12(16)15-13(17)18-11)8-4-2-3-5-10(8)14-7/h2-7,9,14H,1H3,(H,15,16,17)/b11-6-/t7-,9+/m0/s1. The summed E-state index contributed by atoms with van der Waals surface area (Å²) < 4.78 is 0.540. The van der Waals surface area contributed by atoms with Crippen LogP contribution in [0.4, 0.5) is 5.69 Å². The first-order valence-electron chi connectivity index (χ1n) is 5.75. The van der Waals surface area contributed by atoms with Crippen LogP contribution in [0.1, 0.15) is 18.4 Å². The van der Waals surface area contributed by atoms with E-state index in [0.717, 1.165) is 5.69 Å². The Bertz CT molecular complexity index is 568. The average molecular weight is 276 g/mol. The Morgan fingerprint density at radius 3 is 2.89 bits per heavy atom. The van der Waals surface area contributed by atoms with Crippen molar-refractivity contribution in [2.75, 3.05) is 5.32 Å². The van der Waals surface area contributed by atoms with Crippen LogP contribution in [-0.2, 0) is 4.79 Å². The van der Waals surface area contributed by atoms with E-state index >= 15 is 0 Å². The van der Waals surface area contributed by atoms with Crippen LogP contribution in [0.25, 0.3) is 0 Å². The van der Waals surface area contributed by atoms with Gasteiger partial charge in [0.25, 0.3) is 5.91 Å². The number of para-hydroxylation sites is 1. The van der Waals surface area contributed by atoms with Crippen molar-refractivity contribution in [3.8, 4) is 0 Å². The molecule has 2 N–H and O–H groups in total. The first-order chi connectivity index (χ1) is 8.65. The Balaban J connectivity index is 1.96. The summed E-state index contributed by atoms with van der Waals surface area (Å²) in [6, 6.07) is 8.49. The summed E-state index contributed by atoms with van der Waals surface area (Å²) in [4.78, 5) is 12.4. The summed E-state index contributed by atoms with van der Waals surface area (Å²) in [5, 5.41) is 6.08. The number of carbonyl (C=O) groups is 1. The largest absolute Gasteiger partial charge is 0.381 e. The molecule has 2 heterocycles. The van der Waals surface area contributed by atoms with Gasteiger partial charge in [0.05, 0.1) is 4.91 Å². The number of anilines is 1. The minimum atomic E-state index is -0.0819. The molecule has 0 aromatic heterocycles. The highest BCUT2D eigenvalue weighted by molar-refractivity contribution is 8.26. The van der Waals surface area contributed by atoms with Gasteiger partial charge in [0.2, 0.25) is 0 Å². The molecule has 0 spiro atoms. The molecular weight excluding hydrogens is 264 g/mol. The van der Waals surface area contributed by atoms with Crippen LogP contribution in [0.5, 0.6) is 0 Å². The van der Waals surface area contributed by atoms with Crippen molar-refractivity contribution in [1.29, 1.82) is 0 Å². The van der Waals surface area contributed by atoms with Crippen molar-refractivity contribution in [3.05, 3.63) is 40.8 Å². The van der Waals surface area contributed by atoms with E-state index in [1.54, 1.807) is 0 Å². The summed E-state index contributed by atoms with van der Waals surface area (Å²) in [6.07, 6.45) is 2.02. The van der Waals surface area contributed by atoms with Crippen LogP contribution >= 0.6 is 24.0 Å². The number of thiocarbonyl (C=S) groups is 1. The second kappa shape index (κ2) is 4.40. The molecule has 1 aromatic rings. The average Bonchev–Trinajstić information content (AvgIpc) is 2.81. The fourth-order valence-corrected chi connectivity index (χ4v) is 3.42. The minimum absolute atomic E-state index is 0.0819. The maximum absolute atomic E-state index is 11.7. The molecule has 1 saturated heterocycles. The monoisotopic (exact) mass is 276 g/mol. The van der Waals surface area contributed by atoms with E-state index in [1.807, 2.05) is 18.2 Å². The van der Waals surface area contributed by atoms with Gasteiger partial charge in [-0.15, -0.1) is 0 Å². The lowest BCUT2D eigenvalue weighted by Crippen LogP contribution is -2.19. The maximum atomic E-state index is 11.7. The Kier molecular flexibility index (Phi) is 2.87. The number of thioether (sulfide) groups is 1. The molecule has 1 amide bonds. The number of hydrogen-bond donors (Lipinski definition) is 2. The van der Waals surface area contributed by atoms with Crippen LogP contribution < -0.4 is 10.6 Å². The topological polar surface area (TPSA) is 41.1 Å². The minimum Gasteiger partial charge on any atom is -0.381 e. The summed E-state index contributed by atoms with van der Waals surface area (Å²) >= 11 is 6.34. The number of carbonyl (C=O) groups excluding carboxylic acids is 1. The van der Waals surface area contributed by atoms with Crippen molar-refractivity contribution in [2.45, 2.75) is 18.9 Å². The van der Waals surface area contributed by atoms with Gasteiger partial charge in [0.1, 0.15) is 4.32 Å². The lowest BCUT2D eigenvalue weighted by atomic mass is 9.95. The van der Waals surface area contributed by atoms with Gasteiger partial charge in [-0.3, -0.25) is 4.79 Å². The molecule has 3 nitrogen and oxygen atoms in total. The molecule has 0 saturated carbocycles. The van der Waals surface area contributed by atoms with Gasteiger partial charge in [-0.1, -0.05) is 48.3 Å². The third-order valence-electron chi connectivity index (χ3n) is 3.21. The zero-order valence-corrected chi connectivity index (χ0v) is 11.4. The third-order valence-corrected chi connectivity index (χ3v) is 4.40. The van der Waals surface area contributed by atoms with Crippen molar-refractivity contribution >= 4 is 39.9 Å². The van der Waals surface area contributed by atoms with E-state index in [2.05, 4.69) is 29.7 Å². The van der Waals surface area contributed by atoms with E-state index in [9.17, 15) is 4.79 Å². The highest BCUT2D eigenvalue weighted by atomic mass is 32.2. The number of rotatable bonds is 1. The summed E-state index contributed by atoms with van der Waals surface area (Å²) in [7, 11) is 0. The van der Waals surface area contributed by atoms with Gasteiger partial charge in [-0.2, -0.15) is 0 Å². The molecule has 2 atom stereocenters. The zero-order valence-electron chi connectivity index (χ0n) is 9.77. The lowest BCUT2D eigenvalue weighted by molar-refractivity contribution is -0.115. The van der Waals surface area contributed by atoms with E-state index in [-0.39, 0.29) is 17.9 Å². The van der Waals surface area contributed by atoms with E-state index in [1.165, 1.54) is 17.3 Å². The molecule has 5 heteroatoms. The zero-order chi connectivity index (χ0) is 12.7. The molecule has 1 aromatic carbocycles. The number of benzene rings is 1. The van der Waals surface area contributed by atoms with Crippen LogP contribution in [0, 0.1) is 0 Å². The molecule has 0 unspecified atom stereocenters. The Labute approximate surface area is 115 Å². The molecule has 0 bridgehead atoms. The molecule has 3 rings (SSSR count). The molecular formula is C13H12N2OS2. The van der Waals surface area contributed by atoms with Crippen molar-refractivity contribution < 1.29 is 4.79 Å². The van der Waals surface area contributed by atoms with E-state index < -0.39 is 0 Å². The van der Waals surface area contributed by atoms with Crippen LogP contribution in [0.3, 0.4) is 0 Å². The number of amides is 1. The Morgan fingerprint density at radius 2 is 2.17 bits per heavy atom. The lowest BCUT2D eigenvalue weighted by Gasteiger charge is -2.11. The molecule has 0 radical (unpaired) electrons. The summed E-state index contributed by atoms with van der Waals surface area (Å²) in [5.74, 6) is 0.136. The molecule has 92 valence electrons. The van der Waals surface area contributed by atoms with Crippen LogP contribution in [-0.4, -0.2) is 16.3 Å². The Morgan fingerprint density at radius 1 is 1.39 bits per heavy atom. The van der Waals surface area contributed by atoms with Crippen molar-refractivity contribution in [2.24, 2.45) is 0 Å². The second-order valence-electron chi connectivity index (χ2n) is 4.42.